The minimum Gasteiger partial charge on any atom is -0.493 e. The highest BCUT2D eigenvalue weighted by molar-refractivity contribution is 7.07. The Morgan fingerprint density at radius 3 is 2.54 bits per heavy atom. The Bertz CT molecular complexity index is 1830. The van der Waals surface area contributed by atoms with Gasteiger partial charge in [-0.1, -0.05) is 47.7 Å². The van der Waals surface area contributed by atoms with Gasteiger partial charge in [0.25, 0.3) is 5.56 Å². The van der Waals surface area contributed by atoms with Crippen LogP contribution in [-0.2, 0) is 16.1 Å². The maximum atomic E-state index is 14.0. The van der Waals surface area contributed by atoms with E-state index in [0.29, 0.717) is 43.2 Å². The summed E-state index contributed by atoms with van der Waals surface area (Å²) in [7, 11) is 1.49. The van der Waals surface area contributed by atoms with Crippen LogP contribution in [0.25, 0.3) is 6.08 Å². The molecule has 210 valence electrons. The molecule has 1 aromatic heterocycles. The molecular formula is C31H26F2N2O5S. The van der Waals surface area contributed by atoms with Crippen LogP contribution in [0.2, 0.25) is 0 Å². The number of halogens is 2. The third kappa shape index (κ3) is 5.69. The van der Waals surface area contributed by atoms with Crippen molar-refractivity contribution in [1.82, 2.24) is 4.57 Å². The fraction of sp³-hybridized carbons (Fsp3) is 0.194. The molecular weight excluding hydrogens is 550 g/mol. The Balaban J connectivity index is 1.54. The molecule has 2 heterocycles. The van der Waals surface area contributed by atoms with Crippen LogP contribution in [0.4, 0.5) is 8.78 Å². The molecule has 4 aromatic rings. The maximum Gasteiger partial charge on any atom is 0.338 e. The Morgan fingerprint density at radius 1 is 1.07 bits per heavy atom. The highest BCUT2D eigenvalue weighted by Gasteiger charge is 2.33. The molecule has 0 bridgehead atoms. The first-order chi connectivity index (χ1) is 19.8. The molecule has 0 spiro atoms. The number of ether oxygens (including phenoxy) is 3. The van der Waals surface area contributed by atoms with Gasteiger partial charge in [-0.25, -0.2) is 18.6 Å². The Hall–Kier alpha value is -4.57. The van der Waals surface area contributed by atoms with Crippen molar-refractivity contribution in [3.05, 3.63) is 126 Å². The van der Waals surface area contributed by atoms with Crippen LogP contribution in [0.5, 0.6) is 11.5 Å². The SMILES string of the molecule is CCOC(=O)C1=C(C)N=c2s/c(=C\c3ccc(OCc4ccccc4F)c(OC)c3)c(=O)n2[C@H]1c1ccc(F)cc1. The van der Waals surface area contributed by atoms with Crippen LogP contribution in [0.1, 0.15) is 36.6 Å². The molecule has 5 rings (SSSR count). The summed E-state index contributed by atoms with van der Waals surface area (Å²) in [6.07, 6.45) is 1.69. The van der Waals surface area contributed by atoms with Gasteiger partial charge in [0, 0.05) is 5.56 Å². The minimum atomic E-state index is -0.836. The second kappa shape index (κ2) is 11.9. The lowest BCUT2D eigenvalue weighted by atomic mass is 9.96. The van der Waals surface area contributed by atoms with Gasteiger partial charge in [-0.15, -0.1) is 0 Å². The van der Waals surface area contributed by atoms with Crippen molar-refractivity contribution in [3.63, 3.8) is 0 Å². The molecule has 1 atom stereocenters. The summed E-state index contributed by atoms with van der Waals surface area (Å²) in [6.45, 7) is 3.55. The molecule has 0 amide bonds. The number of allylic oxidation sites excluding steroid dienone is 1. The average molecular weight is 577 g/mol. The number of carbonyl (C=O) groups is 1. The second-order valence-corrected chi connectivity index (χ2v) is 10.2. The molecule has 41 heavy (non-hydrogen) atoms. The van der Waals surface area contributed by atoms with E-state index in [4.69, 9.17) is 14.2 Å². The minimum absolute atomic E-state index is 0.0204. The van der Waals surface area contributed by atoms with Crippen LogP contribution in [0.3, 0.4) is 0 Å². The van der Waals surface area contributed by atoms with E-state index in [-0.39, 0.29) is 30.2 Å². The quantitative estimate of drug-likeness (QED) is 0.285. The van der Waals surface area contributed by atoms with Crippen LogP contribution in [-0.4, -0.2) is 24.3 Å². The number of benzene rings is 3. The van der Waals surface area contributed by atoms with Crippen molar-refractivity contribution in [2.24, 2.45) is 4.99 Å². The van der Waals surface area contributed by atoms with Crippen molar-refractivity contribution in [1.29, 1.82) is 0 Å². The highest BCUT2D eigenvalue weighted by Crippen LogP contribution is 2.31. The predicted molar refractivity (Wildman–Crippen MR) is 151 cm³/mol. The molecule has 3 aromatic carbocycles. The Labute approximate surface area is 238 Å². The van der Waals surface area contributed by atoms with E-state index in [0.717, 1.165) is 0 Å². The topological polar surface area (TPSA) is 79.1 Å². The number of carbonyl (C=O) groups excluding carboxylic acids is 1. The fourth-order valence-corrected chi connectivity index (χ4v) is 5.61. The average Bonchev–Trinajstić information content (AvgIpc) is 3.26. The van der Waals surface area contributed by atoms with Gasteiger partial charge in [0.15, 0.2) is 16.3 Å². The summed E-state index contributed by atoms with van der Waals surface area (Å²) in [5.41, 5.74) is 1.89. The first kappa shape index (κ1) is 28.0. The molecule has 0 fully saturated rings. The summed E-state index contributed by atoms with van der Waals surface area (Å²) < 4.78 is 46.1. The van der Waals surface area contributed by atoms with Gasteiger partial charge >= 0.3 is 5.97 Å². The van der Waals surface area contributed by atoms with Crippen LogP contribution in [0.15, 0.2) is 87.8 Å². The van der Waals surface area contributed by atoms with Gasteiger partial charge < -0.3 is 14.2 Å². The molecule has 1 aliphatic heterocycles. The maximum absolute atomic E-state index is 14.0. The van der Waals surface area contributed by atoms with E-state index >= 15 is 0 Å². The summed E-state index contributed by atoms with van der Waals surface area (Å²) in [5.74, 6) is -0.561. The summed E-state index contributed by atoms with van der Waals surface area (Å²) in [4.78, 5) is 31.7. The number of nitrogens with zero attached hydrogens (tertiary/aromatic N) is 2. The largest absolute Gasteiger partial charge is 0.493 e. The Kier molecular flexibility index (Phi) is 8.11. The monoisotopic (exact) mass is 576 g/mol. The predicted octanol–water partition coefficient (Wildman–Crippen LogP) is 4.66. The van der Waals surface area contributed by atoms with Gasteiger partial charge in [-0.05, 0) is 61.4 Å². The van der Waals surface area contributed by atoms with E-state index in [2.05, 4.69) is 4.99 Å². The fourth-order valence-electron chi connectivity index (χ4n) is 4.57. The zero-order valence-electron chi connectivity index (χ0n) is 22.5. The molecule has 0 saturated carbocycles. The van der Waals surface area contributed by atoms with Crippen molar-refractivity contribution < 1.29 is 27.8 Å². The van der Waals surface area contributed by atoms with E-state index in [1.807, 2.05) is 0 Å². The third-order valence-corrected chi connectivity index (χ3v) is 7.51. The van der Waals surface area contributed by atoms with Crippen LogP contribution >= 0.6 is 11.3 Å². The van der Waals surface area contributed by atoms with Crippen molar-refractivity contribution in [2.75, 3.05) is 13.7 Å². The van der Waals surface area contributed by atoms with Crippen molar-refractivity contribution in [2.45, 2.75) is 26.5 Å². The number of thiazole rings is 1. The normalized spacial score (nSPS) is 14.9. The standard InChI is InChI=1S/C31H26F2N2O5S/c1-4-39-30(37)27-18(2)34-31-35(28(27)20-10-12-22(32)13-11-20)29(36)26(41-31)16-19-9-14-24(25(15-19)38-3)40-17-21-7-5-6-8-23(21)33/h5-16,28H,4,17H2,1-3H3/b26-16-/t28-/m0/s1. The van der Waals surface area contributed by atoms with Gasteiger partial charge in [0.2, 0.25) is 0 Å². The molecule has 0 N–H and O–H groups in total. The molecule has 10 heteroatoms. The number of aromatic nitrogens is 1. The number of hydrogen-bond acceptors (Lipinski definition) is 7. The molecule has 0 aliphatic carbocycles. The first-order valence-electron chi connectivity index (χ1n) is 12.8. The van der Waals surface area contributed by atoms with Gasteiger partial charge in [0.1, 0.15) is 18.2 Å². The summed E-state index contributed by atoms with van der Waals surface area (Å²) in [5, 5.41) is 0. The smallest absolute Gasteiger partial charge is 0.338 e. The van der Waals surface area contributed by atoms with Crippen LogP contribution < -0.4 is 24.4 Å². The van der Waals surface area contributed by atoms with Crippen molar-refractivity contribution >= 4 is 23.4 Å². The van der Waals surface area contributed by atoms with Crippen LogP contribution in [0, 0.1) is 11.6 Å². The van der Waals surface area contributed by atoms with E-state index in [1.54, 1.807) is 68.5 Å². The number of esters is 1. The Morgan fingerprint density at radius 2 is 1.83 bits per heavy atom. The van der Waals surface area contributed by atoms with Crippen molar-refractivity contribution in [3.8, 4) is 11.5 Å². The summed E-state index contributed by atoms with van der Waals surface area (Å²) in [6, 6.07) is 16.3. The first-order valence-corrected chi connectivity index (χ1v) is 13.6. The lowest BCUT2D eigenvalue weighted by Gasteiger charge is -2.24. The molecule has 1 aliphatic rings. The molecule has 0 radical (unpaired) electrons. The number of rotatable bonds is 8. The third-order valence-electron chi connectivity index (χ3n) is 6.53. The van der Waals surface area contributed by atoms with E-state index in [9.17, 15) is 18.4 Å². The highest BCUT2D eigenvalue weighted by atomic mass is 32.1. The molecule has 7 nitrogen and oxygen atoms in total. The zero-order chi connectivity index (χ0) is 29.1. The molecule has 0 unspecified atom stereocenters. The number of fused-ring (bicyclic) bond motifs is 1. The lowest BCUT2D eigenvalue weighted by Crippen LogP contribution is -2.39. The van der Waals surface area contributed by atoms with E-state index < -0.39 is 17.8 Å². The second-order valence-electron chi connectivity index (χ2n) is 9.14. The summed E-state index contributed by atoms with van der Waals surface area (Å²) >= 11 is 1.17. The lowest BCUT2D eigenvalue weighted by molar-refractivity contribution is -0.139. The zero-order valence-corrected chi connectivity index (χ0v) is 23.3. The molecule has 0 saturated heterocycles. The number of methoxy groups -OCH3 is 1. The van der Waals surface area contributed by atoms with Gasteiger partial charge in [0.05, 0.1) is 35.6 Å². The number of hydrogen-bond donors (Lipinski definition) is 0. The van der Waals surface area contributed by atoms with Gasteiger partial charge in [-0.2, -0.15) is 0 Å². The van der Waals surface area contributed by atoms with E-state index in [1.165, 1.54) is 41.2 Å². The van der Waals surface area contributed by atoms with Gasteiger partial charge in [-0.3, -0.25) is 9.36 Å².